The van der Waals surface area contributed by atoms with Crippen molar-refractivity contribution in [2.45, 2.75) is 0 Å². The van der Waals surface area contributed by atoms with Gasteiger partial charge >= 0.3 is 0 Å². The minimum atomic E-state index is 0.819. The zero-order chi connectivity index (χ0) is 3.70. The van der Waals surface area contributed by atoms with Gasteiger partial charge in [-0.25, -0.2) is 0 Å². The van der Waals surface area contributed by atoms with E-state index in [1.54, 1.807) is 0 Å². The molecule has 0 atom stereocenters. The Bertz CT molecular complexity index is 33.9. The molecule has 0 N–H and O–H groups in total. The van der Waals surface area contributed by atoms with Gasteiger partial charge in [0.2, 0.25) is 0 Å². The van der Waals surface area contributed by atoms with Crippen LogP contribution in [0.2, 0.25) is 0 Å². The van der Waals surface area contributed by atoms with Crippen LogP contribution in [0.4, 0.5) is 0 Å². The molecule has 1 heterocycles. The van der Waals surface area contributed by atoms with E-state index in [9.17, 15) is 0 Å². The van der Waals surface area contributed by atoms with Crippen molar-refractivity contribution in [1.29, 1.82) is 0 Å². The first-order chi connectivity index (χ1) is 2.39. The van der Waals surface area contributed by atoms with Crippen molar-refractivity contribution < 1.29 is 4.74 Å². The zero-order valence-electron chi connectivity index (χ0n) is 3.27. The van der Waals surface area contributed by atoms with Crippen LogP contribution in [0.3, 0.4) is 0 Å². The van der Waals surface area contributed by atoms with Crippen molar-refractivity contribution in [1.82, 2.24) is 4.90 Å². The average molecular weight is 73.1 g/mol. The summed E-state index contributed by atoms with van der Waals surface area (Å²) in [5.41, 5.74) is 0. The Hall–Kier alpha value is -0.0800. The molecular weight excluding hydrogens is 66.0 g/mol. The largest absolute Gasteiger partial charge is 0.351 e. The molecule has 30 valence electrons. The van der Waals surface area contributed by atoms with Gasteiger partial charge in [-0.05, 0) is 7.05 Å². The first-order valence-corrected chi connectivity index (χ1v) is 1.66. The number of ether oxygens (including phenoxy) is 1. The molecule has 0 unspecified atom stereocenters. The molecule has 0 aromatic rings. The Balaban J connectivity index is 2.08. The highest BCUT2D eigenvalue weighted by atomic mass is 16.5. The lowest BCUT2D eigenvalue weighted by atomic mass is 10.8. The van der Waals surface area contributed by atoms with E-state index < -0.39 is 0 Å². The number of hydrogen-bond acceptors (Lipinski definition) is 2. The van der Waals surface area contributed by atoms with Crippen LogP contribution in [0, 0.1) is 0 Å². The fourth-order valence-corrected chi connectivity index (χ4v) is 0.274. The Morgan fingerprint density at radius 2 is 2.00 bits per heavy atom. The molecule has 0 radical (unpaired) electrons. The molecule has 0 aromatic heterocycles. The standard InChI is InChI=1S/C3H7NO/c1-4-2-5-3-4/h2-3H2,1H3. The summed E-state index contributed by atoms with van der Waals surface area (Å²) in [6.45, 7) is 1.64. The Kier molecular flexibility index (Phi) is 0.596. The molecule has 1 saturated heterocycles. The van der Waals surface area contributed by atoms with Crippen LogP contribution in [0.5, 0.6) is 0 Å². The quantitative estimate of drug-likeness (QED) is 0.396. The van der Waals surface area contributed by atoms with Crippen molar-refractivity contribution in [3.05, 3.63) is 0 Å². The molecule has 0 aromatic carbocycles. The minimum Gasteiger partial charge on any atom is -0.351 e. The summed E-state index contributed by atoms with van der Waals surface area (Å²) in [4.78, 5) is 2.08. The van der Waals surface area contributed by atoms with Crippen LogP contribution in [-0.4, -0.2) is 25.4 Å². The van der Waals surface area contributed by atoms with Crippen molar-refractivity contribution in [2.24, 2.45) is 0 Å². The first-order valence-electron chi connectivity index (χ1n) is 1.66. The van der Waals surface area contributed by atoms with Gasteiger partial charge in [0.15, 0.2) is 0 Å². The van der Waals surface area contributed by atoms with Crippen molar-refractivity contribution in [2.75, 3.05) is 20.5 Å². The maximum absolute atomic E-state index is 4.76. The van der Waals surface area contributed by atoms with Gasteiger partial charge in [0.1, 0.15) is 13.5 Å². The molecule has 1 rings (SSSR count). The van der Waals surface area contributed by atoms with Crippen LogP contribution < -0.4 is 0 Å². The smallest absolute Gasteiger partial charge is 0.102 e. The summed E-state index contributed by atoms with van der Waals surface area (Å²) in [5.74, 6) is 0. The van der Waals surface area contributed by atoms with Crippen molar-refractivity contribution in [3.8, 4) is 0 Å². The third-order valence-electron chi connectivity index (χ3n) is 0.623. The van der Waals surface area contributed by atoms with Gasteiger partial charge in [-0.15, -0.1) is 0 Å². The van der Waals surface area contributed by atoms with Gasteiger partial charge in [0.05, 0.1) is 0 Å². The summed E-state index contributed by atoms with van der Waals surface area (Å²) in [5, 5.41) is 0. The Morgan fingerprint density at radius 3 is 2.00 bits per heavy atom. The topological polar surface area (TPSA) is 12.5 Å². The van der Waals surface area contributed by atoms with Crippen molar-refractivity contribution in [3.63, 3.8) is 0 Å². The second-order valence-corrected chi connectivity index (χ2v) is 1.32. The monoisotopic (exact) mass is 73.1 g/mol. The average Bonchev–Trinajstić information content (AvgIpc) is 1.30. The van der Waals surface area contributed by atoms with Crippen LogP contribution in [-0.2, 0) is 4.74 Å². The van der Waals surface area contributed by atoms with Crippen LogP contribution >= 0.6 is 0 Å². The van der Waals surface area contributed by atoms with Gasteiger partial charge < -0.3 is 4.74 Å². The summed E-state index contributed by atoms with van der Waals surface area (Å²) in [7, 11) is 2.02. The van der Waals surface area contributed by atoms with Gasteiger partial charge in [-0.3, -0.25) is 4.90 Å². The molecule has 1 fully saturated rings. The van der Waals surface area contributed by atoms with Gasteiger partial charge in [-0.1, -0.05) is 0 Å². The normalized spacial score (nSPS) is 25.8. The third kappa shape index (κ3) is 0.412. The highest BCUT2D eigenvalue weighted by Crippen LogP contribution is 1.93. The molecule has 0 amide bonds. The van der Waals surface area contributed by atoms with Crippen LogP contribution in [0.15, 0.2) is 0 Å². The van der Waals surface area contributed by atoms with E-state index in [4.69, 9.17) is 4.74 Å². The fraction of sp³-hybridized carbons (Fsp3) is 1.00. The number of hydrogen-bond donors (Lipinski definition) is 0. The highest BCUT2D eigenvalue weighted by Gasteiger charge is 2.04. The lowest BCUT2D eigenvalue weighted by Crippen LogP contribution is -2.35. The highest BCUT2D eigenvalue weighted by molar-refractivity contribution is 4.39. The van der Waals surface area contributed by atoms with E-state index in [1.165, 1.54) is 0 Å². The second-order valence-electron chi connectivity index (χ2n) is 1.32. The van der Waals surface area contributed by atoms with Gasteiger partial charge in [0.25, 0.3) is 0 Å². The van der Waals surface area contributed by atoms with Crippen LogP contribution in [0.25, 0.3) is 0 Å². The Labute approximate surface area is 31.3 Å². The maximum Gasteiger partial charge on any atom is 0.102 e. The predicted octanol–water partition coefficient (Wildman–Crippen LogP) is -0.137. The summed E-state index contributed by atoms with van der Waals surface area (Å²) in [6, 6.07) is 0. The van der Waals surface area contributed by atoms with E-state index in [-0.39, 0.29) is 0 Å². The minimum absolute atomic E-state index is 0.819. The molecule has 5 heavy (non-hydrogen) atoms. The fourth-order valence-electron chi connectivity index (χ4n) is 0.274. The summed E-state index contributed by atoms with van der Waals surface area (Å²) < 4.78 is 4.76. The lowest BCUT2D eigenvalue weighted by molar-refractivity contribution is -0.128. The number of nitrogens with zero attached hydrogens (tertiary/aromatic N) is 1. The molecule has 0 spiro atoms. The van der Waals surface area contributed by atoms with E-state index in [0.717, 1.165) is 13.5 Å². The third-order valence-corrected chi connectivity index (χ3v) is 0.623. The summed E-state index contributed by atoms with van der Waals surface area (Å²) in [6.07, 6.45) is 0. The molecule has 2 heteroatoms. The summed E-state index contributed by atoms with van der Waals surface area (Å²) >= 11 is 0. The first kappa shape index (κ1) is 3.12. The molecule has 1 aliphatic rings. The molecule has 1 aliphatic heterocycles. The SMILES string of the molecule is CN1COC1. The molecular formula is C3H7NO. The van der Waals surface area contributed by atoms with Crippen molar-refractivity contribution >= 4 is 0 Å². The van der Waals surface area contributed by atoms with E-state index >= 15 is 0 Å². The molecule has 2 nitrogen and oxygen atoms in total. The zero-order valence-corrected chi connectivity index (χ0v) is 3.27. The van der Waals surface area contributed by atoms with E-state index in [1.807, 2.05) is 7.05 Å². The molecule has 0 aliphatic carbocycles. The van der Waals surface area contributed by atoms with Gasteiger partial charge in [-0.2, -0.15) is 0 Å². The maximum atomic E-state index is 4.76. The molecule has 0 bridgehead atoms. The second kappa shape index (κ2) is 0.954. The lowest BCUT2D eigenvalue weighted by Gasteiger charge is -2.25. The molecule has 0 saturated carbocycles. The Morgan fingerprint density at radius 1 is 1.60 bits per heavy atom. The predicted molar refractivity (Wildman–Crippen MR) is 18.6 cm³/mol. The van der Waals surface area contributed by atoms with Gasteiger partial charge in [0, 0.05) is 0 Å². The number of rotatable bonds is 0. The van der Waals surface area contributed by atoms with E-state index in [2.05, 4.69) is 4.90 Å². The van der Waals surface area contributed by atoms with E-state index in [0.29, 0.717) is 0 Å². The van der Waals surface area contributed by atoms with Crippen LogP contribution in [0.1, 0.15) is 0 Å².